The molecule has 0 aliphatic carbocycles. The van der Waals surface area contributed by atoms with E-state index in [2.05, 4.69) is 0 Å². The molecule has 5 rings (SSSR count). The fourth-order valence-electron chi connectivity index (χ4n) is 4.82. The van der Waals surface area contributed by atoms with E-state index in [1.807, 2.05) is 30.3 Å². The third-order valence-corrected chi connectivity index (χ3v) is 9.10. The molecule has 0 saturated heterocycles. The van der Waals surface area contributed by atoms with Crippen molar-refractivity contribution >= 4 is 39.6 Å². The fourth-order valence-corrected chi connectivity index (χ4v) is 6.36. The number of ether oxygens (including phenoxy) is 1. The molecule has 4 aromatic rings. The van der Waals surface area contributed by atoms with Gasteiger partial charge in [0.15, 0.2) is 0 Å². The second kappa shape index (κ2) is 12.8. The third-order valence-electron chi connectivity index (χ3n) is 7.04. The van der Waals surface area contributed by atoms with Crippen molar-refractivity contribution in [1.82, 2.24) is 9.21 Å². The number of carbonyl (C=O) groups is 2. The van der Waals surface area contributed by atoms with Gasteiger partial charge in [-0.25, -0.2) is 13.2 Å². The molecule has 0 spiro atoms. The van der Waals surface area contributed by atoms with Crippen LogP contribution in [0.2, 0.25) is 5.02 Å². The molecule has 0 N–H and O–H groups in total. The summed E-state index contributed by atoms with van der Waals surface area (Å²) >= 11 is 6.03. The summed E-state index contributed by atoms with van der Waals surface area (Å²) in [5.41, 5.74) is 2.41. The molecule has 1 aromatic heterocycles. The van der Waals surface area contributed by atoms with Gasteiger partial charge >= 0.3 is 5.97 Å². The molecule has 2 heterocycles. The second-order valence-electron chi connectivity index (χ2n) is 9.90. The number of rotatable bonds is 10. The van der Waals surface area contributed by atoms with E-state index in [0.29, 0.717) is 16.5 Å². The van der Waals surface area contributed by atoms with Gasteiger partial charge in [-0.1, -0.05) is 72.3 Å². The molecule has 1 aliphatic heterocycles. The van der Waals surface area contributed by atoms with Crippen molar-refractivity contribution in [3.63, 3.8) is 0 Å². The Morgan fingerprint density at radius 3 is 2.21 bits per heavy atom. The molecule has 43 heavy (non-hydrogen) atoms. The Labute approximate surface area is 255 Å². The van der Waals surface area contributed by atoms with Crippen molar-refractivity contribution in [3.8, 4) is 0 Å². The lowest BCUT2D eigenvalue weighted by atomic mass is 10.1. The first kappa shape index (κ1) is 30.0. The molecule has 0 bridgehead atoms. The topological polar surface area (TPSA) is 97.1 Å². The predicted molar refractivity (Wildman–Crippen MR) is 163 cm³/mol. The van der Waals surface area contributed by atoms with Gasteiger partial charge in [0, 0.05) is 17.3 Å². The molecule has 220 valence electrons. The normalized spacial score (nSPS) is 14.7. The molecular weight excluding hydrogens is 588 g/mol. The third kappa shape index (κ3) is 6.64. The number of benzene rings is 3. The van der Waals surface area contributed by atoms with Crippen LogP contribution in [0.3, 0.4) is 0 Å². The molecule has 0 atom stereocenters. The minimum absolute atomic E-state index is 0.0736. The minimum atomic E-state index is -3.90. The van der Waals surface area contributed by atoms with Crippen LogP contribution in [0.25, 0.3) is 6.08 Å². The van der Waals surface area contributed by atoms with Crippen molar-refractivity contribution in [1.29, 1.82) is 0 Å². The highest BCUT2D eigenvalue weighted by atomic mass is 35.5. The molecule has 1 aliphatic rings. The quantitative estimate of drug-likeness (QED) is 0.156. The Balaban J connectivity index is 1.45. The summed E-state index contributed by atoms with van der Waals surface area (Å²) in [4.78, 5) is 27.9. The number of nitrogens with zero attached hydrogens (tertiary/aromatic N) is 2. The summed E-state index contributed by atoms with van der Waals surface area (Å²) in [6, 6.07) is 27.8. The Bertz CT molecular complexity index is 1800. The highest BCUT2D eigenvalue weighted by Gasteiger charge is 2.37. The Hall–Kier alpha value is -4.44. The minimum Gasteiger partial charge on any atom is -0.465 e. The van der Waals surface area contributed by atoms with E-state index in [0.717, 1.165) is 11.1 Å². The number of esters is 1. The monoisotopic (exact) mass is 616 g/mol. The molecule has 0 saturated carbocycles. The van der Waals surface area contributed by atoms with Crippen LogP contribution in [-0.4, -0.2) is 36.6 Å². The average Bonchev–Trinajstić information content (AvgIpc) is 3.55. The Morgan fingerprint density at radius 2 is 1.56 bits per heavy atom. The summed E-state index contributed by atoms with van der Waals surface area (Å²) in [7, 11) is -2.64. The summed E-state index contributed by atoms with van der Waals surface area (Å²) in [6.07, 6.45) is 1.49. The zero-order valence-electron chi connectivity index (χ0n) is 23.6. The maximum Gasteiger partial charge on any atom is 0.340 e. The van der Waals surface area contributed by atoms with Crippen molar-refractivity contribution in [2.24, 2.45) is 0 Å². The van der Waals surface area contributed by atoms with Crippen LogP contribution >= 0.6 is 11.6 Å². The largest absolute Gasteiger partial charge is 0.465 e. The number of hydrogen-bond acceptors (Lipinski definition) is 6. The first-order valence-corrected chi connectivity index (χ1v) is 15.2. The van der Waals surface area contributed by atoms with Crippen LogP contribution in [-0.2, 0) is 44.0 Å². The van der Waals surface area contributed by atoms with Gasteiger partial charge in [0.05, 0.1) is 36.2 Å². The SMILES string of the molecule is COC(=O)C1=C(C)N(Cc2ccccc2)C(=O)/C1=C/c1ccc(CN(Cc2ccc(Cl)cc2)S(=O)(=O)c2ccccc2)o1. The van der Waals surface area contributed by atoms with Crippen molar-refractivity contribution < 1.29 is 27.2 Å². The van der Waals surface area contributed by atoms with Gasteiger partial charge in [-0.05, 0) is 60.5 Å². The molecule has 8 nitrogen and oxygen atoms in total. The summed E-state index contributed by atoms with van der Waals surface area (Å²) < 4.78 is 39.6. The number of furan rings is 1. The molecule has 0 unspecified atom stereocenters. The number of allylic oxidation sites excluding steroid dienone is 1. The standard InChI is InChI=1S/C33H29ClN2O6S/c1-23-31(33(38)41-2)30(32(37)36(23)21-24-9-5-3-6-10-24)19-27-17-18-28(42-27)22-35(20-25-13-15-26(34)16-14-25)43(39,40)29-11-7-4-8-12-29/h3-19H,20-22H2,1-2H3/b30-19+. The number of sulfonamides is 1. The highest BCUT2D eigenvalue weighted by molar-refractivity contribution is 7.89. The zero-order chi connectivity index (χ0) is 30.6. The molecule has 0 fully saturated rings. The van der Waals surface area contributed by atoms with E-state index in [4.69, 9.17) is 20.8 Å². The van der Waals surface area contributed by atoms with Gasteiger partial charge in [0.1, 0.15) is 11.5 Å². The molecule has 3 aromatic carbocycles. The van der Waals surface area contributed by atoms with Crippen LogP contribution in [0.15, 0.2) is 123 Å². The zero-order valence-corrected chi connectivity index (χ0v) is 25.1. The highest BCUT2D eigenvalue weighted by Crippen LogP contribution is 2.33. The smallest absolute Gasteiger partial charge is 0.340 e. The predicted octanol–water partition coefficient (Wildman–Crippen LogP) is 6.20. The Kier molecular flexibility index (Phi) is 8.96. The van der Waals surface area contributed by atoms with Gasteiger partial charge in [-0.3, -0.25) is 4.79 Å². The maximum absolute atomic E-state index is 13.6. The number of carbonyl (C=O) groups excluding carboxylic acids is 2. The van der Waals surface area contributed by atoms with E-state index >= 15 is 0 Å². The van der Waals surface area contributed by atoms with Gasteiger partial charge in [0.25, 0.3) is 5.91 Å². The molecule has 1 amide bonds. The van der Waals surface area contributed by atoms with Crippen LogP contribution in [0.5, 0.6) is 0 Å². The lowest BCUT2D eigenvalue weighted by Gasteiger charge is -2.21. The van der Waals surface area contributed by atoms with Gasteiger partial charge in [-0.15, -0.1) is 0 Å². The van der Waals surface area contributed by atoms with Crippen molar-refractivity contribution in [2.45, 2.75) is 31.5 Å². The number of methoxy groups -OCH3 is 1. The molecule has 0 radical (unpaired) electrons. The van der Waals surface area contributed by atoms with Crippen LogP contribution in [0.4, 0.5) is 0 Å². The van der Waals surface area contributed by atoms with Crippen molar-refractivity contribution in [2.75, 3.05) is 7.11 Å². The van der Waals surface area contributed by atoms with E-state index in [9.17, 15) is 18.0 Å². The van der Waals surface area contributed by atoms with E-state index in [1.54, 1.807) is 61.5 Å². The summed E-state index contributed by atoms with van der Waals surface area (Å²) in [5, 5.41) is 0.546. The van der Waals surface area contributed by atoms with Gasteiger partial charge in [-0.2, -0.15) is 4.31 Å². The first-order valence-electron chi connectivity index (χ1n) is 13.4. The molecule has 10 heteroatoms. The lowest BCUT2D eigenvalue weighted by molar-refractivity contribution is -0.136. The number of hydrogen-bond donors (Lipinski definition) is 0. The summed E-state index contributed by atoms with van der Waals surface area (Å²) in [6.45, 7) is 1.98. The number of amides is 1. The fraction of sp³-hybridized carbons (Fsp3) is 0.152. The summed E-state index contributed by atoms with van der Waals surface area (Å²) in [5.74, 6) is -0.358. The Morgan fingerprint density at radius 1 is 0.907 bits per heavy atom. The van der Waals surface area contributed by atoms with E-state index in [-0.39, 0.29) is 47.3 Å². The van der Waals surface area contributed by atoms with Gasteiger partial charge < -0.3 is 14.1 Å². The molecular formula is C33H29ClN2O6S. The van der Waals surface area contributed by atoms with E-state index < -0.39 is 16.0 Å². The van der Waals surface area contributed by atoms with Crippen LogP contribution in [0, 0.1) is 0 Å². The van der Waals surface area contributed by atoms with Crippen LogP contribution in [0.1, 0.15) is 29.6 Å². The van der Waals surface area contributed by atoms with E-state index in [1.165, 1.54) is 34.5 Å². The van der Waals surface area contributed by atoms with Crippen molar-refractivity contribution in [3.05, 3.63) is 142 Å². The number of halogens is 1. The maximum atomic E-state index is 13.6. The average molecular weight is 617 g/mol. The van der Waals surface area contributed by atoms with Crippen LogP contribution < -0.4 is 0 Å². The first-order chi connectivity index (χ1) is 20.7. The van der Waals surface area contributed by atoms with Gasteiger partial charge in [0.2, 0.25) is 10.0 Å². The lowest BCUT2D eigenvalue weighted by Crippen LogP contribution is -2.30. The second-order valence-corrected chi connectivity index (χ2v) is 12.3.